The molecule has 0 amide bonds. The van der Waals surface area contributed by atoms with E-state index in [1.807, 2.05) is 60.7 Å². The van der Waals surface area contributed by atoms with E-state index in [4.69, 9.17) is 4.74 Å². The van der Waals surface area contributed by atoms with Crippen LogP contribution in [0.3, 0.4) is 0 Å². The summed E-state index contributed by atoms with van der Waals surface area (Å²) in [4.78, 5) is 25.5. The third-order valence-corrected chi connectivity index (χ3v) is 6.59. The maximum absolute atomic E-state index is 12.1. The van der Waals surface area contributed by atoms with Crippen molar-refractivity contribution in [3.8, 4) is 34.1 Å². The van der Waals surface area contributed by atoms with Gasteiger partial charge >= 0.3 is 5.97 Å². The van der Waals surface area contributed by atoms with Crippen molar-refractivity contribution < 1.29 is 14.6 Å². The highest BCUT2D eigenvalue weighted by atomic mass is 16.5. The van der Waals surface area contributed by atoms with E-state index in [1.165, 1.54) is 12.8 Å². The quantitative estimate of drug-likeness (QED) is 0.315. The zero-order chi connectivity index (χ0) is 24.5. The van der Waals surface area contributed by atoms with Crippen LogP contribution in [0.25, 0.3) is 39.2 Å². The van der Waals surface area contributed by atoms with Crippen molar-refractivity contribution in [2.45, 2.75) is 31.8 Å². The fourth-order valence-electron chi connectivity index (χ4n) is 4.81. The number of carboxylic acids is 1. The molecule has 5 aromatic rings. The number of carboxylic acid groups (broad SMARTS) is 1. The minimum absolute atomic E-state index is 0.193. The molecule has 0 atom stereocenters. The smallest absolute Gasteiger partial charge is 0.352 e. The maximum atomic E-state index is 12.1. The molecule has 1 aliphatic carbocycles. The lowest BCUT2D eigenvalue weighted by atomic mass is 10.1. The molecular formula is C29H24N4O3. The van der Waals surface area contributed by atoms with Gasteiger partial charge in [-0.1, -0.05) is 6.07 Å². The zero-order valence-electron chi connectivity index (χ0n) is 19.5. The van der Waals surface area contributed by atoms with Gasteiger partial charge in [-0.3, -0.25) is 4.98 Å². The molecule has 0 radical (unpaired) electrons. The van der Waals surface area contributed by atoms with Crippen molar-refractivity contribution in [2.24, 2.45) is 0 Å². The van der Waals surface area contributed by atoms with Crippen LogP contribution < -0.4 is 4.74 Å². The third-order valence-electron chi connectivity index (χ3n) is 6.59. The van der Waals surface area contributed by atoms with Crippen molar-refractivity contribution in [1.29, 1.82) is 0 Å². The predicted molar refractivity (Wildman–Crippen MR) is 137 cm³/mol. The fraction of sp³-hybridized carbons (Fsp3) is 0.172. The topological polar surface area (TPSA) is 90.1 Å². The van der Waals surface area contributed by atoms with Crippen LogP contribution in [0.1, 0.15) is 36.2 Å². The Kier molecular flexibility index (Phi) is 5.65. The van der Waals surface area contributed by atoms with Crippen molar-refractivity contribution in [1.82, 2.24) is 19.5 Å². The highest BCUT2D eigenvalue weighted by Crippen LogP contribution is 2.30. The van der Waals surface area contributed by atoms with Crippen LogP contribution >= 0.6 is 0 Å². The largest absolute Gasteiger partial charge is 0.490 e. The minimum Gasteiger partial charge on any atom is -0.490 e. The highest BCUT2D eigenvalue weighted by molar-refractivity contribution is 5.97. The fourth-order valence-corrected chi connectivity index (χ4v) is 4.81. The average Bonchev–Trinajstić information content (AvgIpc) is 3.57. The van der Waals surface area contributed by atoms with Gasteiger partial charge in [0, 0.05) is 40.8 Å². The van der Waals surface area contributed by atoms with Crippen LogP contribution in [0.4, 0.5) is 0 Å². The Hall–Kier alpha value is -4.52. The number of hydrogen-bond donors (Lipinski definition) is 1. The molecule has 178 valence electrons. The minimum atomic E-state index is -0.991. The highest BCUT2D eigenvalue weighted by Gasteiger charge is 2.19. The number of rotatable bonds is 6. The van der Waals surface area contributed by atoms with Crippen LogP contribution in [-0.4, -0.2) is 36.7 Å². The number of aromatic carboxylic acids is 1. The van der Waals surface area contributed by atoms with Gasteiger partial charge in [-0.05, 0) is 86.3 Å². The van der Waals surface area contributed by atoms with Gasteiger partial charge in [0.05, 0.1) is 17.3 Å². The summed E-state index contributed by atoms with van der Waals surface area (Å²) in [5.74, 6) is 0.386. The first-order valence-electron chi connectivity index (χ1n) is 12.1. The standard InChI is InChI=1S/C29H24N4O3/c34-29(35)27-16-20-15-19(28-31-17-21(18-32-28)25-7-3-4-14-30-25)8-13-26(20)33(27)22-9-11-24(12-10-22)36-23-5-1-2-6-23/h3-4,7-18,23H,1-2,5-6H2,(H,34,35). The molecule has 3 aromatic heterocycles. The van der Waals surface area contributed by atoms with Gasteiger partial charge < -0.3 is 14.4 Å². The summed E-state index contributed by atoms with van der Waals surface area (Å²) in [6.45, 7) is 0. The summed E-state index contributed by atoms with van der Waals surface area (Å²) in [6, 6.07) is 20.8. The third kappa shape index (κ3) is 4.20. The lowest BCUT2D eigenvalue weighted by Gasteiger charge is -2.14. The van der Waals surface area contributed by atoms with Gasteiger partial charge in [0.25, 0.3) is 0 Å². The van der Waals surface area contributed by atoms with Crippen molar-refractivity contribution in [3.05, 3.63) is 91.0 Å². The molecule has 1 fully saturated rings. The monoisotopic (exact) mass is 476 g/mol. The number of aromatic nitrogens is 4. The molecule has 6 rings (SSSR count). The van der Waals surface area contributed by atoms with E-state index in [-0.39, 0.29) is 11.8 Å². The van der Waals surface area contributed by atoms with Gasteiger partial charge in [-0.2, -0.15) is 0 Å². The Balaban J connectivity index is 1.33. The molecule has 0 saturated heterocycles. The molecule has 2 aromatic carbocycles. The van der Waals surface area contributed by atoms with Crippen molar-refractivity contribution in [2.75, 3.05) is 0 Å². The maximum Gasteiger partial charge on any atom is 0.352 e. The number of ether oxygens (including phenoxy) is 1. The predicted octanol–water partition coefficient (Wildman–Crippen LogP) is 6.17. The molecule has 0 bridgehead atoms. The Morgan fingerprint density at radius 3 is 2.36 bits per heavy atom. The summed E-state index contributed by atoms with van der Waals surface area (Å²) in [6.07, 6.45) is 10.1. The second kappa shape index (κ2) is 9.26. The van der Waals surface area contributed by atoms with Gasteiger partial charge in [0.2, 0.25) is 0 Å². The Bertz CT molecular complexity index is 1520. The molecule has 7 heteroatoms. The summed E-state index contributed by atoms with van der Waals surface area (Å²) < 4.78 is 7.83. The molecule has 1 N–H and O–H groups in total. The van der Waals surface area contributed by atoms with E-state index < -0.39 is 5.97 Å². The summed E-state index contributed by atoms with van der Waals surface area (Å²) >= 11 is 0. The van der Waals surface area contributed by atoms with E-state index in [0.29, 0.717) is 5.82 Å². The van der Waals surface area contributed by atoms with Gasteiger partial charge in [0.1, 0.15) is 11.4 Å². The molecular weight excluding hydrogens is 452 g/mol. The normalized spacial score (nSPS) is 13.8. The molecule has 1 aliphatic rings. The number of pyridine rings is 1. The van der Waals surface area contributed by atoms with E-state index in [0.717, 1.165) is 52.0 Å². The SMILES string of the molecule is O=C(O)c1cc2cc(-c3ncc(-c4ccccn4)cn3)ccc2n1-c1ccc(OC2CCCC2)cc1. The van der Waals surface area contributed by atoms with Crippen LogP contribution in [0.2, 0.25) is 0 Å². The van der Waals surface area contributed by atoms with E-state index in [2.05, 4.69) is 15.0 Å². The number of nitrogens with zero attached hydrogens (tertiary/aromatic N) is 4. The second-order valence-electron chi connectivity index (χ2n) is 8.97. The van der Waals surface area contributed by atoms with E-state index in [9.17, 15) is 9.90 Å². The van der Waals surface area contributed by atoms with Gasteiger partial charge in [-0.25, -0.2) is 14.8 Å². The Morgan fingerprint density at radius 2 is 1.67 bits per heavy atom. The van der Waals surface area contributed by atoms with E-state index >= 15 is 0 Å². The second-order valence-corrected chi connectivity index (χ2v) is 8.97. The molecule has 0 aliphatic heterocycles. The van der Waals surface area contributed by atoms with Crippen LogP contribution in [0.5, 0.6) is 5.75 Å². The summed E-state index contributed by atoms with van der Waals surface area (Å²) in [7, 11) is 0. The molecule has 0 spiro atoms. The Labute approximate surface area is 208 Å². The molecule has 1 saturated carbocycles. The van der Waals surface area contributed by atoms with Crippen molar-refractivity contribution >= 4 is 16.9 Å². The number of fused-ring (bicyclic) bond motifs is 1. The van der Waals surface area contributed by atoms with Crippen LogP contribution in [0.15, 0.2) is 85.3 Å². The van der Waals surface area contributed by atoms with Crippen LogP contribution in [-0.2, 0) is 0 Å². The number of hydrogen-bond acceptors (Lipinski definition) is 5. The summed E-state index contributed by atoms with van der Waals surface area (Å²) in [5.41, 5.74) is 4.21. The van der Waals surface area contributed by atoms with E-state index in [1.54, 1.807) is 29.2 Å². The first-order valence-corrected chi connectivity index (χ1v) is 12.1. The first kappa shape index (κ1) is 22.0. The molecule has 36 heavy (non-hydrogen) atoms. The summed E-state index contributed by atoms with van der Waals surface area (Å²) in [5, 5.41) is 10.7. The molecule has 3 heterocycles. The first-order chi connectivity index (χ1) is 17.7. The van der Waals surface area contributed by atoms with Gasteiger partial charge in [0.15, 0.2) is 5.82 Å². The number of benzene rings is 2. The molecule has 7 nitrogen and oxygen atoms in total. The van der Waals surface area contributed by atoms with Gasteiger partial charge in [-0.15, -0.1) is 0 Å². The Morgan fingerprint density at radius 1 is 0.889 bits per heavy atom. The molecule has 0 unspecified atom stereocenters. The lowest BCUT2D eigenvalue weighted by Crippen LogP contribution is -2.11. The zero-order valence-corrected chi connectivity index (χ0v) is 19.5. The number of carbonyl (C=O) groups is 1. The lowest BCUT2D eigenvalue weighted by molar-refractivity contribution is 0.0688. The van der Waals surface area contributed by atoms with Crippen LogP contribution in [0, 0.1) is 0 Å². The van der Waals surface area contributed by atoms with Crippen molar-refractivity contribution in [3.63, 3.8) is 0 Å². The average molecular weight is 477 g/mol.